The third-order valence-electron chi connectivity index (χ3n) is 4.55. The number of anilines is 1. The van der Waals surface area contributed by atoms with E-state index < -0.39 is 0 Å². The second-order valence-corrected chi connectivity index (χ2v) is 5.86. The number of hydrogen-bond acceptors (Lipinski definition) is 2. The Hall–Kier alpha value is -1.80. The number of fused-ring (bicyclic) bond motifs is 1. The van der Waals surface area contributed by atoms with Crippen LogP contribution in [0, 0.1) is 0 Å². The quantitative estimate of drug-likeness (QED) is 0.929. The molecule has 3 rings (SSSR count). The van der Waals surface area contributed by atoms with E-state index in [0.29, 0.717) is 0 Å². The van der Waals surface area contributed by atoms with Gasteiger partial charge in [0.05, 0.1) is 0 Å². The fourth-order valence-corrected chi connectivity index (χ4v) is 3.09. The fraction of sp³-hybridized carbons (Fsp3) is 0.368. The second kappa shape index (κ2) is 6.31. The molecule has 0 bridgehead atoms. The second-order valence-electron chi connectivity index (χ2n) is 5.86. The van der Waals surface area contributed by atoms with E-state index in [9.17, 15) is 0 Å². The topological polar surface area (TPSA) is 29.3 Å². The molecule has 2 nitrogen and oxygen atoms in total. The summed E-state index contributed by atoms with van der Waals surface area (Å²) >= 11 is 0. The molecular formula is C19H24N2. The molecule has 0 amide bonds. The van der Waals surface area contributed by atoms with Crippen molar-refractivity contribution in [1.29, 1.82) is 0 Å². The molecule has 2 aromatic rings. The van der Waals surface area contributed by atoms with E-state index in [0.717, 1.165) is 32.4 Å². The summed E-state index contributed by atoms with van der Waals surface area (Å²) in [5, 5.41) is 0. The van der Waals surface area contributed by atoms with Crippen LogP contribution in [-0.4, -0.2) is 13.1 Å². The minimum absolute atomic E-state index is 0.160. The summed E-state index contributed by atoms with van der Waals surface area (Å²) in [4.78, 5) is 2.49. The minimum atomic E-state index is 0.160. The lowest BCUT2D eigenvalue weighted by atomic mass is 10.0. The molecule has 0 aliphatic carbocycles. The van der Waals surface area contributed by atoms with Gasteiger partial charge in [-0.2, -0.15) is 0 Å². The average Bonchev–Trinajstić information content (AvgIpc) is 2.77. The number of benzene rings is 2. The van der Waals surface area contributed by atoms with Crippen LogP contribution in [0.1, 0.15) is 36.1 Å². The van der Waals surface area contributed by atoms with Crippen LogP contribution in [0.2, 0.25) is 0 Å². The van der Waals surface area contributed by atoms with Crippen LogP contribution in [0.25, 0.3) is 0 Å². The van der Waals surface area contributed by atoms with Gasteiger partial charge < -0.3 is 10.6 Å². The van der Waals surface area contributed by atoms with E-state index >= 15 is 0 Å². The Balaban J connectivity index is 1.74. The van der Waals surface area contributed by atoms with E-state index in [1.165, 1.54) is 22.4 Å². The smallest absolute Gasteiger partial charge is 0.0366 e. The first-order valence-electron chi connectivity index (χ1n) is 7.95. The molecule has 1 heterocycles. The van der Waals surface area contributed by atoms with E-state index in [2.05, 4.69) is 60.4 Å². The number of rotatable bonds is 3. The Bertz CT molecular complexity index is 562. The number of hydrogen-bond donors (Lipinski definition) is 1. The van der Waals surface area contributed by atoms with Gasteiger partial charge in [0.25, 0.3) is 0 Å². The standard InChI is InChI=1S/C19H24N2/c1-2-19(20)17-7-9-18(10-8-17)21-13-11-15-5-3-4-6-16(15)12-14-21/h3-10,19H,2,11-14,20H2,1H3/t19-/m0/s1. The zero-order chi connectivity index (χ0) is 14.7. The summed E-state index contributed by atoms with van der Waals surface area (Å²) in [5.74, 6) is 0. The molecule has 110 valence electrons. The van der Waals surface area contributed by atoms with Gasteiger partial charge in [-0.25, -0.2) is 0 Å². The number of nitrogens with zero attached hydrogens (tertiary/aromatic N) is 1. The van der Waals surface area contributed by atoms with Crippen molar-refractivity contribution in [3.63, 3.8) is 0 Å². The molecule has 1 aliphatic rings. The summed E-state index contributed by atoms with van der Waals surface area (Å²) in [6.45, 7) is 4.32. The normalized spacial score (nSPS) is 16.2. The lowest BCUT2D eigenvalue weighted by Gasteiger charge is -2.23. The predicted octanol–water partition coefficient (Wildman–Crippen LogP) is 3.70. The Kier molecular flexibility index (Phi) is 4.26. The Morgan fingerprint density at radius 3 is 2.05 bits per heavy atom. The van der Waals surface area contributed by atoms with Crippen molar-refractivity contribution in [1.82, 2.24) is 0 Å². The van der Waals surface area contributed by atoms with Gasteiger partial charge in [0.1, 0.15) is 0 Å². The molecule has 0 aromatic heterocycles. The molecule has 0 unspecified atom stereocenters. The van der Waals surface area contributed by atoms with Gasteiger partial charge in [-0.3, -0.25) is 0 Å². The molecule has 1 atom stereocenters. The van der Waals surface area contributed by atoms with Crippen LogP contribution >= 0.6 is 0 Å². The molecule has 0 fully saturated rings. The highest BCUT2D eigenvalue weighted by atomic mass is 15.1. The maximum Gasteiger partial charge on any atom is 0.0366 e. The van der Waals surface area contributed by atoms with Gasteiger partial charge in [0.2, 0.25) is 0 Å². The molecule has 21 heavy (non-hydrogen) atoms. The van der Waals surface area contributed by atoms with Crippen LogP contribution in [-0.2, 0) is 12.8 Å². The van der Waals surface area contributed by atoms with Crippen molar-refractivity contribution < 1.29 is 0 Å². The van der Waals surface area contributed by atoms with Gasteiger partial charge >= 0.3 is 0 Å². The van der Waals surface area contributed by atoms with E-state index in [-0.39, 0.29) is 6.04 Å². The molecule has 0 saturated heterocycles. The van der Waals surface area contributed by atoms with Crippen molar-refractivity contribution in [2.24, 2.45) is 5.73 Å². The Morgan fingerprint density at radius 2 is 1.52 bits per heavy atom. The van der Waals surface area contributed by atoms with Gasteiger partial charge in [0, 0.05) is 24.8 Å². The monoisotopic (exact) mass is 280 g/mol. The van der Waals surface area contributed by atoms with Gasteiger partial charge in [0.15, 0.2) is 0 Å². The molecule has 2 heteroatoms. The molecule has 0 radical (unpaired) electrons. The molecule has 0 saturated carbocycles. The van der Waals surface area contributed by atoms with Crippen molar-refractivity contribution in [3.05, 3.63) is 65.2 Å². The maximum atomic E-state index is 6.09. The van der Waals surface area contributed by atoms with Gasteiger partial charge in [-0.15, -0.1) is 0 Å². The first-order valence-corrected chi connectivity index (χ1v) is 7.95. The fourth-order valence-electron chi connectivity index (χ4n) is 3.09. The first-order chi connectivity index (χ1) is 10.3. The highest BCUT2D eigenvalue weighted by Crippen LogP contribution is 2.23. The third-order valence-corrected chi connectivity index (χ3v) is 4.55. The van der Waals surface area contributed by atoms with E-state index in [4.69, 9.17) is 5.73 Å². The molecule has 0 spiro atoms. The molecule has 2 N–H and O–H groups in total. The summed E-state index contributed by atoms with van der Waals surface area (Å²) in [7, 11) is 0. The van der Waals surface area contributed by atoms with Crippen LogP contribution < -0.4 is 10.6 Å². The zero-order valence-corrected chi connectivity index (χ0v) is 12.8. The Labute approximate surface area is 127 Å². The molecular weight excluding hydrogens is 256 g/mol. The van der Waals surface area contributed by atoms with Crippen LogP contribution in [0.4, 0.5) is 5.69 Å². The predicted molar refractivity (Wildman–Crippen MR) is 89.7 cm³/mol. The van der Waals surface area contributed by atoms with E-state index in [1.54, 1.807) is 0 Å². The summed E-state index contributed by atoms with van der Waals surface area (Å²) in [6, 6.07) is 17.8. The minimum Gasteiger partial charge on any atom is -0.371 e. The van der Waals surface area contributed by atoms with Crippen molar-refractivity contribution in [3.8, 4) is 0 Å². The molecule has 2 aromatic carbocycles. The largest absolute Gasteiger partial charge is 0.371 e. The lowest BCUT2D eigenvalue weighted by molar-refractivity contribution is 0.698. The van der Waals surface area contributed by atoms with Crippen LogP contribution in [0.5, 0.6) is 0 Å². The lowest BCUT2D eigenvalue weighted by Crippen LogP contribution is -2.25. The summed E-state index contributed by atoms with van der Waals surface area (Å²) < 4.78 is 0. The van der Waals surface area contributed by atoms with Crippen molar-refractivity contribution in [2.75, 3.05) is 18.0 Å². The van der Waals surface area contributed by atoms with E-state index in [1.807, 2.05) is 0 Å². The highest BCUT2D eigenvalue weighted by Gasteiger charge is 2.14. The zero-order valence-electron chi connectivity index (χ0n) is 12.8. The Morgan fingerprint density at radius 1 is 0.952 bits per heavy atom. The number of nitrogens with two attached hydrogens (primary N) is 1. The summed E-state index contributed by atoms with van der Waals surface area (Å²) in [5.41, 5.74) is 11.7. The van der Waals surface area contributed by atoms with Gasteiger partial charge in [-0.05, 0) is 48.1 Å². The van der Waals surface area contributed by atoms with Crippen molar-refractivity contribution in [2.45, 2.75) is 32.2 Å². The SMILES string of the molecule is CC[C@H](N)c1ccc(N2CCc3ccccc3CC2)cc1. The maximum absolute atomic E-state index is 6.09. The van der Waals surface area contributed by atoms with Crippen LogP contribution in [0.15, 0.2) is 48.5 Å². The average molecular weight is 280 g/mol. The van der Waals surface area contributed by atoms with Crippen molar-refractivity contribution >= 4 is 5.69 Å². The molecule has 1 aliphatic heterocycles. The van der Waals surface area contributed by atoms with Gasteiger partial charge in [-0.1, -0.05) is 43.3 Å². The first kappa shape index (κ1) is 14.2. The summed E-state index contributed by atoms with van der Waals surface area (Å²) in [6.07, 6.45) is 3.25. The van der Waals surface area contributed by atoms with Crippen LogP contribution in [0.3, 0.4) is 0 Å². The highest BCUT2D eigenvalue weighted by molar-refractivity contribution is 5.49. The third kappa shape index (κ3) is 3.11.